The Morgan fingerprint density at radius 3 is 1.44 bits per heavy atom. The van der Waals surface area contributed by atoms with E-state index in [0.717, 1.165) is 22.6 Å². The van der Waals surface area contributed by atoms with E-state index >= 15 is 0 Å². The summed E-state index contributed by atoms with van der Waals surface area (Å²) in [5.74, 6) is 0. The lowest BCUT2D eigenvalue weighted by atomic mass is 9.82. The molecule has 1 aromatic heterocycles. The molecule has 0 bridgehead atoms. The second-order valence-corrected chi connectivity index (χ2v) is 20.6. The van der Waals surface area contributed by atoms with Crippen molar-refractivity contribution in [1.29, 1.82) is 0 Å². The number of para-hydroxylation sites is 1. The molecule has 0 fully saturated rings. The molecule has 12 aromatic carbocycles. The van der Waals surface area contributed by atoms with Crippen LogP contribution in [-0.2, 0) is 5.41 Å². The summed E-state index contributed by atoms with van der Waals surface area (Å²) < 4.78 is 2.59. The minimum absolute atomic E-state index is 0.176. The van der Waals surface area contributed by atoms with Gasteiger partial charge in [0.05, 0.1) is 5.69 Å². The van der Waals surface area contributed by atoms with Crippen LogP contribution in [0, 0.1) is 0 Å². The van der Waals surface area contributed by atoms with Gasteiger partial charge in [-0.2, -0.15) is 0 Å². The summed E-state index contributed by atoms with van der Waals surface area (Å²) >= 11 is 1.88. The highest BCUT2D eigenvalue weighted by Crippen LogP contribution is 2.52. The first-order chi connectivity index (χ1) is 35.0. The zero-order valence-corrected chi connectivity index (χ0v) is 40.3. The third kappa shape index (κ3) is 6.59. The van der Waals surface area contributed by atoms with Crippen molar-refractivity contribution in [3.05, 3.63) is 260 Å². The summed E-state index contributed by atoms with van der Waals surface area (Å²) in [4.78, 5) is 2.52. The fourth-order valence-corrected chi connectivity index (χ4v) is 13.0. The number of fused-ring (bicyclic) bond motifs is 16. The van der Waals surface area contributed by atoms with Crippen molar-refractivity contribution >= 4 is 102 Å². The second kappa shape index (κ2) is 16.3. The van der Waals surface area contributed by atoms with Crippen LogP contribution >= 0.6 is 11.3 Å². The Labute approximate surface area is 417 Å². The largest absolute Gasteiger partial charge is 0.310 e. The topological polar surface area (TPSA) is 3.24 Å². The molecule has 0 saturated carbocycles. The first-order valence-corrected chi connectivity index (χ1v) is 25.5. The number of hydrogen-bond donors (Lipinski definition) is 0. The fourth-order valence-electron chi connectivity index (χ4n) is 11.8. The van der Waals surface area contributed by atoms with Crippen LogP contribution in [0.25, 0.3) is 107 Å². The highest BCUT2D eigenvalue weighted by molar-refractivity contribution is 7.25. The Balaban J connectivity index is 1.12. The monoisotopic (exact) mass is 921 g/mol. The van der Waals surface area contributed by atoms with Gasteiger partial charge in [-0.05, 0) is 141 Å². The molecular formula is C69H47NS. The molecule has 1 aliphatic rings. The maximum Gasteiger partial charge on any atom is 0.0540 e. The van der Waals surface area contributed by atoms with Gasteiger partial charge in [-0.1, -0.05) is 214 Å². The van der Waals surface area contributed by atoms with Crippen molar-refractivity contribution in [2.24, 2.45) is 0 Å². The van der Waals surface area contributed by atoms with Gasteiger partial charge in [-0.15, -0.1) is 11.3 Å². The van der Waals surface area contributed by atoms with Crippen LogP contribution in [0.15, 0.2) is 249 Å². The highest BCUT2D eigenvalue weighted by Gasteiger charge is 2.36. The van der Waals surface area contributed by atoms with E-state index in [2.05, 4.69) is 267 Å². The summed E-state index contributed by atoms with van der Waals surface area (Å²) in [6, 6.07) is 93.0. The smallest absolute Gasteiger partial charge is 0.0540 e. The Bertz CT molecular complexity index is 4370. The maximum atomic E-state index is 2.52. The van der Waals surface area contributed by atoms with Crippen LogP contribution < -0.4 is 4.90 Å². The van der Waals surface area contributed by atoms with E-state index in [1.165, 1.54) is 113 Å². The maximum absolute atomic E-state index is 2.52. The van der Waals surface area contributed by atoms with E-state index in [0.29, 0.717) is 0 Å². The molecule has 0 saturated heterocycles. The first-order valence-electron chi connectivity index (χ1n) is 24.7. The average molecular weight is 922 g/mol. The van der Waals surface area contributed by atoms with Gasteiger partial charge in [0.25, 0.3) is 0 Å². The summed E-state index contributed by atoms with van der Waals surface area (Å²) in [5, 5.41) is 14.8. The summed E-state index contributed by atoms with van der Waals surface area (Å²) in [6.07, 6.45) is 0. The summed E-state index contributed by atoms with van der Waals surface area (Å²) in [7, 11) is 0. The highest BCUT2D eigenvalue weighted by atomic mass is 32.1. The van der Waals surface area contributed by atoms with E-state index in [9.17, 15) is 0 Å². The minimum Gasteiger partial charge on any atom is -0.310 e. The number of benzene rings is 11. The lowest BCUT2D eigenvalue weighted by molar-refractivity contribution is 0.660. The molecule has 0 spiro atoms. The molecule has 0 aliphatic heterocycles. The summed E-state index contributed by atoms with van der Waals surface area (Å²) in [6.45, 7) is 4.76. The zero-order chi connectivity index (χ0) is 47.2. The molecule has 334 valence electrons. The van der Waals surface area contributed by atoms with Crippen LogP contribution in [-0.4, -0.2) is 0 Å². The number of hydrogen-bond acceptors (Lipinski definition) is 2. The molecule has 13 aromatic rings. The van der Waals surface area contributed by atoms with Gasteiger partial charge in [-0.25, -0.2) is 0 Å². The Morgan fingerprint density at radius 1 is 0.282 bits per heavy atom. The van der Waals surface area contributed by atoms with Crippen LogP contribution in [0.2, 0.25) is 0 Å². The standard InChI is InChI=1S/C69H47NS/c1-69(2)64-29-15-12-27-57(64)58-39-37-48(41-65(58)69)70(66-30-16-13-20-49(66)46-34-32-45(33-35-46)44-18-4-3-5-19-44)47-36-38-56-54-25-9-8-23-52(54)50-21-6-7-22-51(50)53-24-10-11-26-55(53)62-43-68-63(42-61(62)60(56)40-47)59-28-14-17-31-67(59)71-68/h3-43H,1-2H3. The average Bonchev–Trinajstić information content (AvgIpc) is 3.91. The number of anilines is 3. The Hall–Kier alpha value is -8.56. The summed E-state index contributed by atoms with van der Waals surface area (Å²) in [5.41, 5.74) is 13.2. The van der Waals surface area contributed by atoms with E-state index in [4.69, 9.17) is 0 Å². The molecule has 2 heteroatoms. The van der Waals surface area contributed by atoms with Gasteiger partial charge in [0, 0.05) is 42.5 Å². The molecule has 71 heavy (non-hydrogen) atoms. The molecule has 1 heterocycles. The van der Waals surface area contributed by atoms with Gasteiger partial charge >= 0.3 is 0 Å². The van der Waals surface area contributed by atoms with Gasteiger partial charge in [0.2, 0.25) is 0 Å². The van der Waals surface area contributed by atoms with Crippen molar-refractivity contribution < 1.29 is 0 Å². The van der Waals surface area contributed by atoms with Crippen LogP contribution in [0.1, 0.15) is 25.0 Å². The molecule has 0 N–H and O–H groups in total. The van der Waals surface area contributed by atoms with Crippen LogP contribution in [0.5, 0.6) is 0 Å². The third-order valence-electron chi connectivity index (χ3n) is 15.3. The SMILES string of the molecule is CC1(C)c2ccccc2-c2ccc(N(c3ccc4c5ccccc5c5ccccc5c5ccccc5c5cc6sc7ccccc7c6cc5c4c3)c3ccccc3-c3ccc(-c4ccccc4)cc3)cc21. The van der Waals surface area contributed by atoms with Crippen LogP contribution in [0.4, 0.5) is 17.1 Å². The van der Waals surface area contributed by atoms with E-state index in [-0.39, 0.29) is 5.41 Å². The normalized spacial score (nSPS) is 12.8. The van der Waals surface area contributed by atoms with E-state index < -0.39 is 0 Å². The minimum atomic E-state index is -0.176. The third-order valence-corrected chi connectivity index (χ3v) is 16.4. The lowest BCUT2D eigenvalue weighted by Crippen LogP contribution is -2.16. The predicted molar refractivity (Wildman–Crippen MR) is 308 cm³/mol. The molecule has 1 nitrogen and oxygen atoms in total. The van der Waals surface area contributed by atoms with Gasteiger partial charge in [0.1, 0.15) is 0 Å². The molecular weight excluding hydrogens is 875 g/mol. The van der Waals surface area contributed by atoms with Crippen molar-refractivity contribution in [2.75, 3.05) is 4.90 Å². The molecule has 14 rings (SSSR count). The first kappa shape index (κ1) is 41.4. The van der Waals surface area contributed by atoms with Crippen molar-refractivity contribution in [3.8, 4) is 33.4 Å². The number of rotatable bonds is 5. The molecule has 0 atom stereocenters. The van der Waals surface area contributed by atoms with Gasteiger partial charge in [0.15, 0.2) is 0 Å². The molecule has 0 amide bonds. The van der Waals surface area contributed by atoms with E-state index in [1.807, 2.05) is 11.3 Å². The second-order valence-electron chi connectivity index (χ2n) is 19.6. The predicted octanol–water partition coefficient (Wildman–Crippen LogP) is 20.1. The Morgan fingerprint density at radius 2 is 0.746 bits per heavy atom. The zero-order valence-electron chi connectivity index (χ0n) is 39.5. The van der Waals surface area contributed by atoms with Crippen molar-refractivity contribution in [2.45, 2.75) is 19.3 Å². The van der Waals surface area contributed by atoms with Crippen LogP contribution in [0.3, 0.4) is 0 Å². The molecule has 0 unspecified atom stereocenters. The van der Waals surface area contributed by atoms with Crippen molar-refractivity contribution in [1.82, 2.24) is 0 Å². The number of thiophene rings is 1. The van der Waals surface area contributed by atoms with E-state index in [1.54, 1.807) is 0 Å². The quantitative estimate of drug-likeness (QED) is 0.166. The molecule has 0 radical (unpaired) electrons. The fraction of sp³-hybridized carbons (Fsp3) is 0.0435. The lowest BCUT2D eigenvalue weighted by Gasteiger charge is -2.30. The molecule has 1 aliphatic carbocycles. The van der Waals surface area contributed by atoms with Gasteiger partial charge < -0.3 is 4.90 Å². The van der Waals surface area contributed by atoms with Crippen molar-refractivity contribution in [3.63, 3.8) is 0 Å². The van der Waals surface area contributed by atoms with Gasteiger partial charge in [-0.3, -0.25) is 0 Å². The number of nitrogens with zero attached hydrogens (tertiary/aromatic N) is 1. The Kier molecular flexibility index (Phi) is 9.49.